The summed E-state index contributed by atoms with van der Waals surface area (Å²) in [5.41, 5.74) is 3.45. The van der Waals surface area contributed by atoms with Crippen LogP contribution in [0, 0.1) is 12.7 Å². The molecule has 0 saturated carbocycles. The molecule has 6 heteroatoms. The van der Waals surface area contributed by atoms with Crippen molar-refractivity contribution in [1.82, 2.24) is 0 Å². The number of hydrogen-bond donors (Lipinski definition) is 0. The van der Waals surface area contributed by atoms with Crippen LogP contribution in [0.3, 0.4) is 0 Å². The number of ether oxygens (including phenoxy) is 3. The van der Waals surface area contributed by atoms with Crippen LogP contribution < -0.4 is 9.47 Å². The first-order chi connectivity index (χ1) is 15.5. The van der Waals surface area contributed by atoms with Crippen LogP contribution in [-0.4, -0.2) is 18.5 Å². The maximum Gasteiger partial charge on any atom is 0.363 e. The molecule has 162 valence electrons. The molecule has 4 rings (SSSR count). The summed E-state index contributed by atoms with van der Waals surface area (Å²) >= 11 is 0. The van der Waals surface area contributed by atoms with Crippen molar-refractivity contribution in [2.24, 2.45) is 4.99 Å². The number of aryl methyl sites for hydroxylation is 1. The highest BCUT2D eigenvalue weighted by Crippen LogP contribution is 2.31. The SMILES string of the molecule is CCOc1cc(C=C2N=C(c3cccc(F)c3)OC2=O)ccc1OCc1cccc(C)c1. The molecule has 0 N–H and O–H groups in total. The smallest absolute Gasteiger partial charge is 0.363 e. The Kier molecular flexibility index (Phi) is 6.31. The summed E-state index contributed by atoms with van der Waals surface area (Å²) in [6.07, 6.45) is 1.60. The van der Waals surface area contributed by atoms with E-state index in [1.807, 2.05) is 38.1 Å². The standard InChI is InChI=1S/C26H22FNO4/c1-3-30-24-14-18(10-11-23(24)31-16-19-7-4-6-17(2)12-19)13-22-26(29)32-25(28-22)20-8-5-9-21(27)15-20/h4-15H,3,16H2,1-2H3. The summed E-state index contributed by atoms with van der Waals surface area (Å²) in [5.74, 6) is 0.218. The lowest BCUT2D eigenvalue weighted by molar-refractivity contribution is -0.129. The number of cyclic esters (lactones) is 1. The van der Waals surface area contributed by atoms with Gasteiger partial charge in [-0.15, -0.1) is 0 Å². The van der Waals surface area contributed by atoms with Crippen molar-refractivity contribution in [3.63, 3.8) is 0 Å². The molecule has 0 radical (unpaired) electrons. The molecular formula is C26H22FNO4. The van der Waals surface area contributed by atoms with Gasteiger partial charge in [0.1, 0.15) is 12.4 Å². The van der Waals surface area contributed by atoms with Crippen molar-refractivity contribution in [3.8, 4) is 11.5 Å². The molecule has 1 aliphatic heterocycles. The van der Waals surface area contributed by atoms with Gasteiger partial charge < -0.3 is 14.2 Å². The van der Waals surface area contributed by atoms with E-state index in [0.29, 0.717) is 35.8 Å². The fourth-order valence-electron chi connectivity index (χ4n) is 3.28. The van der Waals surface area contributed by atoms with E-state index in [-0.39, 0.29) is 11.6 Å². The molecule has 0 unspecified atom stereocenters. The molecule has 0 spiro atoms. The van der Waals surface area contributed by atoms with E-state index in [9.17, 15) is 9.18 Å². The molecule has 3 aromatic rings. The maximum atomic E-state index is 13.5. The van der Waals surface area contributed by atoms with Crippen molar-refractivity contribution in [2.75, 3.05) is 6.61 Å². The zero-order valence-corrected chi connectivity index (χ0v) is 17.8. The van der Waals surface area contributed by atoms with Gasteiger partial charge in [-0.25, -0.2) is 14.2 Å². The van der Waals surface area contributed by atoms with Gasteiger partial charge in [0, 0.05) is 5.56 Å². The monoisotopic (exact) mass is 431 g/mol. The summed E-state index contributed by atoms with van der Waals surface area (Å²) < 4.78 is 30.4. The van der Waals surface area contributed by atoms with Crippen LogP contribution in [0.25, 0.3) is 6.08 Å². The average Bonchev–Trinajstić information content (AvgIpc) is 3.14. The first kappa shape index (κ1) is 21.3. The summed E-state index contributed by atoms with van der Waals surface area (Å²) in [7, 11) is 0. The lowest BCUT2D eigenvalue weighted by Gasteiger charge is -2.13. The number of hydrogen-bond acceptors (Lipinski definition) is 5. The maximum absolute atomic E-state index is 13.5. The summed E-state index contributed by atoms with van der Waals surface area (Å²) in [5, 5.41) is 0. The second-order valence-corrected chi connectivity index (χ2v) is 7.26. The molecule has 0 aliphatic carbocycles. The highest BCUT2D eigenvalue weighted by molar-refractivity contribution is 6.12. The van der Waals surface area contributed by atoms with Gasteiger partial charge in [0.25, 0.3) is 0 Å². The van der Waals surface area contributed by atoms with E-state index in [4.69, 9.17) is 14.2 Å². The Hall–Kier alpha value is -3.93. The number of aliphatic imine (C=N–C) groups is 1. The molecule has 3 aromatic carbocycles. The predicted octanol–water partition coefficient (Wildman–Crippen LogP) is 5.46. The van der Waals surface area contributed by atoms with Crippen LogP contribution in [0.2, 0.25) is 0 Å². The van der Waals surface area contributed by atoms with E-state index in [1.54, 1.807) is 24.3 Å². The molecular weight excluding hydrogens is 409 g/mol. The van der Waals surface area contributed by atoms with Crippen LogP contribution in [0.15, 0.2) is 77.4 Å². The first-order valence-corrected chi connectivity index (χ1v) is 10.3. The minimum atomic E-state index is -0.595. The number of carbonyl (C=O) groups excluding carboxylic acids is 1. The Balaban J connectivity index is 1.56. The lowest BCUT2D eigenvalue weighted by Crippen LogP contribution is -2.05. The lowest BCUT2D eigenvalue weighted by atomic mass is 10.1. The van der Waals surface area contributed by atoms with E-state index in [2.05, 4.69) is 11.1 Å². The van der Waals surface area contributed by atoms with Gasteiger partial charge in [0.05, 0.1) is 6.61 Å². The molecule has 0 saturated heterocycles. The third kappa shape index (κ3) is 5.03. The van der Waals surface area contributed by atoms with Crippen molar-refractivity contribution < 1.29 is 23.4 Å². The molecule has 0 aromatic heterocycles. The number of carbonyl (C=O) groups is 1. The van der Waals surface area contributed by atoms with Gasteiger partial charge in [0.15, 0.2) is 17.2 Å². The van der Waals surface area contributed by atoms with Crippen LogP contribution in [-0.2, 0) is 16.1 Å². The number of halogens is 1. The number of benzene rings is 3. The van der Waals surface area contributed by atoms with Crippen LogP contribution in [0.5, 0.6) is 11.5 Å². The zero-order chi connectivity index (χ0) is 22.5. The van der Waals surface area contributed by atoms with Crippen LogP contribution in [0.4, 0.5) is 4.39 Å². The molecule has 32 heavy (non-hydrogen) atoms. The van der Waals surface area contributed by atoms with Crippen LogP contribution >= 0.6 is 0 Å². The highest BCUT2D eigenvalue weighted by atomic mass is 19.1. The average molecular weight is 431 g/mol. The van der Waals surface area contributed by atoms with Gasteiger partial charge in [0.2, 0.25) is 5.90 Å². The fraction of sp³-hybridized carbons (Fsp3) is 0.154. The van der Waals surface area contributed by atoms with E-state index >= 15 is 0 Å². The van der Waals surface area contributed by atoms with Gasteiger partial charge in [-0.05, 0) is 61.4 Å². The molecule has 0 bridgehead atoms. The number of nitrogens with zero attached hydrogens (tertiary/aromatic N) is 1. The van der Waals surface area contributed by atoms with Gasteiger partial charge in [-0.3, -0.25) is 0 Å². The molecule has 1 aliphatic rings. The third-order valence-corrected chi connectivity index (χ3v) is 4.74. The molecule has 0 fully saturated rings. The molecule has 1 heterocycles. The van der Waals surface area contributed by atoms with E-state index in [1.165, 1.54) is 23.8 Å². The third-order valence-electron chi connectivity index (χ3n) is 4.74. The largest absolute Gasteiger partial charge is 0.490 e. The van der Waals surface area contributed by atoms with Gasteiger partial charge in [-0.2, -0.15) is 0 Å². The Bertz CT molecular complexity index is 1220. The summed E-state index contributed by atoms with van der Waals surface area (Å²) in [6.45, 7) is 4.80. The molecule has 0 atom stereocenters. The topological polar surface area (TPSA) is 57.1 Å². The normalized spacial score (nSPS) is 14.3. The Labute approximate surface area is 185 Å². The first-order valence-electron chi connectivity index (χ1n) is 10.3. The second-order valence-electron chi connectivity index (χ2n) is 7.26. The second kappa shape index (κ2) is 9.47. The minimum absolute atomic E-state index is 0.0730. The molecule has 5 nitrogen and oxygen atoms in total. The quantitative estimate of drug-likeness (QED) is 0.368. The van der Waals surface area contributed by atoms with Crippen molar-refractivity contribution in [2.45, 2.75) is 20.5 Å². The van der Waals surface area contributed by atoms with Crippen molar-refractivity contribution >= 4 is 17.9 Å². The van der Waals surface area contributed by atoms with Crippen LogP contribution in [0.1, 0.15) is 29.2 Å². The van der Waals surface area contributed by atoms with E-state index < -0.39 is 11.8 Å². The highest BCUT2D eigenvalue weighted by Gasteiger charge is 2.24. The fourth-order valence-corrected chi connectivity index (χ4v) is 3.28. The number of rotatable bonds is 7. The van der Waals surface area contributed by atoms with E-state index in [0.717, 1.165) is 5.56 Å². The van der Waals surface area contributed by atoms with Crippen molar-refractivity contribution in [3.05, 3.63) is 100 Å². The van der Waals surface area contributed by atoms with Crippen molar-refractivity contribution in [1.29, 1.82) is 0 Å². The molecule has 0 amide bonds. The summed E-state index contributed by atoms with van der Waals surface area (Å²) in [4.78, 5) is 16.5. The van der Waals surface area contributed by atoms with Gasteiger partial charge in [-0.1, -0.05) is 42.0 Å². The zero-order valence-electron chi connectivity index (χ0n) is 17.8. The minimum Gasteiger partial charge on any atom is -0.490 e. The Morgan fingerprint density at radius 3 is 2.62 bits per heavy atom. The Morgan fingerprint density at radius 1 is 1.00 bits per heavy atom. The predicted molar refractivity (Wildman–Crippen MR) is 120 cm³/mol. The Morgan fingerprint density at radius 2 is 1.84 bits per heavy atom. The van der Waals surface area contributed by atoms with Gasteiger partial charge >= 0.3 is 5.97 Å². The number of esters is 1. The summed E-state index contributed by atoms with van der Waals surface area (Å²) in [6, 6.07) is 19.2.